The van der Waals surface area contributed by atoms with E-state index in [9.17, 15) is 4.79 Å². The third-order valence-corrected chi connectivity index (χ3v) is 4.53. The number of hydrogen-bond acceptors (Lipinski definition) is 2. The van der Waals surface area contributed by atoms with Gasteiger partial charge in [0, 0.05) is 23.0 Å². The molecule has 0 fully saturated rings. The Morgan fingerprint density at radius 3 is 2.55 bits per heavy atom. The van der Waals surface area contributed by atoms with Gasteiger partial charge >= 0.3 is 0 Å². The SMILES string of the molecule is O=CC1=CC=C2c3ccccc3OC[C@H]2[C@@H]1c1ccccc1. The Morgan fingerprint density at radius 1 is 0.955 bits per heavy atom. The molecule has 0 saturated carbocycles. The molecule has 2 heteroatoms. The molecular formula is C20H16O2. The topological polar surface area (TPSA) is 26.3 Å². The first-order valence-corrected chi connectivity index (χ1v) is 7.52. The maximum atomic E-state index is 11.5. The Balaban J connectivity index is 1.85. The van der Waals surface area contributed by atoms with E-state index in [1.54, 1.807) is 0 Å². The molecule has 0 bridgehead atoms. The van der Waals surface area contributed by atoms with Crippen molar-refractivity contribution in [3.8, 4) is 5.75 Å². The molecule has 2 aromatic carbocycles. The monoisotopic (exact) mass is 288 g/mol. The fourth-order valence-corrected chi connectivity index (χ4v) is 3.51. The fraction of sp³-hybridized carbons (Fsp3) is 0.150. The van der Waals surface area contributed by atoms with Gasteiger partial charge in [0.25, 0.3) is 0 Å². The second-order valence-corrected chi connectivity index (χ2v) is 5.71. The summed E-state index contributed by atoms with van der Waals surface area (Å²) >= 11 is 0. The largest absolute Gasteiger partial charge is 0.492 e. The Hall–Kier alpha value is -2.61. The van der Waals surface area contributed by atoms with Crippen LogP contribution in [0.4, 0.5) is 0 Å². The third-order valence-electron chi connectivity index (χ3n) is 4.53. The van der Waals surface area contributed by atoms with Crippen LogP contribution in [0.1, 0.15) is 17.0 Å². The molecule has 2 aromatic rings. The average Bonchev–Trinajstić information content (AvgIpc) is 2.61. The van der Waals surface area contributed by atoms with Crippen molar-refractivity contribution < 1.29 is 9.53 Å². The Kier molecular flexibility index (Phi) is 3.15. The van der Waals surface area contributed by atoms with Gasteiger partial charge in [-0.1, -0.05) is 60.7 Å². The van der Waals surface area contributed by atoms with Gasteiger partial charge in [-0.3, -0.25) is 4.79 Å². The van der Waals surface area contributed by atoms with Crippen LogP contribution in [0.3, 0.4) is 0 Å². The summed E-state index contributed by atoms with van der Waals surface area (Å²) in [5, 5.41) is 0. The van der Waals surface area contributed by atoms with Crippen molar-refractivity contribution >= 4 is 11.9 Å². The van der Waals surface area contributed by atoms with E-state index < -0.39 is 0 Å². The van der Waals surface area contributed by atoms with Crippen LogP contribution in [0.25, 0.3) is 5.57 Å². The van der Waals surface area contributed by atoms with Crippen LogP contribution >= 0.6 is 0 Å². The molecule has 1 aliphatic carbocycles. The Bertz CT molecular complexity index is 771. The van der Waals surface area contributed by atoms with Crippen LogP contribution in [-0.4, -0.2) is 12.9 Å². The molecule has 108 valence electrons. The highest BCUT2D eigenvalue weighted by Crippen LogP contribution is 2.47. The van der Waals surface area contributed by atoms with E-state index in [1.165, 1.54) is 11.1 Å². The molecule has 2 aliphatic rings. The number of benzene rings is 2. The van der Waals surface area contributed by atoms with Crippen molar-refractivity contribution in [3.05, 3.63) is 83.4 Å². The van der Waals surface area contributed by atoms with Gasteiger partial charge in [0.15, 0.2) is 0 Å². The molecule has 0 N–H and O–H groups in total. The van der Waals surface area contributed by atoms with Crippen molar-refractivity contribution in [2.24, 2.45) is 5.92 Å². The van der Waals surface area contributed by atoms with Gasteiger partial charge in [-0.25, -0.2) is 0 Å². The molecule has 2 nitrogen and oxygen atoms in total. The lowest BCUT2D eigenvalue weighted by molar-refractivity contribution is -0.105. The number of carbonyl (C=O) groups excluding carboxylic acids is 1. The zero-order valence-corrected chi connectivity index (χ0v) is 12.1. The van der Waals surface area contributed by atoms with Crippen LogP contribution < -0.4 is 4.74 Å². The van der Waals surface area contributed by atoms with E-state index >= 15 is 0 Å². The molecule has 0 saturated heterocycles. The fourth-order valence-electron chi connectivity index (χ4n) is 3.51. The molecule has 0 aromatic heterocycles. The predicted molar refractivity (Wildman–Crippen MR) is 86.7 cm³/mol. The second-order valence-electron chi connectivity index (χ2n) is 5.71. The quantitative estimate of drug-likeness (QED) is 0.781. The van der Waals surface area contributed by atoms with Crippen molar-refractivity contribution in [3.63, 3.8) is 0 Å². The first kappa shape index (κ1) is 13.1. The van der Waals surface area contributed by atoms with E-state index in [0.717, 1.165) is 23.2 Å². The lowest BCUT2D eigenvalue weighted by Gasteiger charge is -2.36. The first-order chi connectivity index (χ1) is 10.9. The maximum Gasteiger partial charge on any atom is 0.146 e. The number of carbonyl (C=O) groups is 1. The van der Waals surface area contributed by atoms with Crippen LogP contribution in [-0.2, 0) is 4.79 Å². The van der Waals surface area contributed by atoms with E-state index in [4.69, 9.17) is 4.74 Å². The maximum absolute atomic E-state index is 11.5. The van der Waals surface area contributed by atoms with Gasteiger partial charge in [0.05, 0.1) is 6.61 Å². The molecule has 1 heterocycles. The molecule has 0 spiro atoms. The third kappa shape index (κ3) is 2.00. The Morgan fingerprint density at radius 2 is 1.73 bits per heavy atom. The predicted octanol–water partition coefficient (Wildman–Crippen LogP) is 4.00. The molecular weight excluding hydrogens is 272 g/mol. The highest BCUT2D eigenvalue weighted by atomic mass is 16.5. The zero-order valence-electron chi connectivity index (χ0n) is 12.1. The summed E-state index contributed by atoms with van der Waals surface area (Å²) < 4.78 is 5.95. The summed E-state index contributed by atoms with van der Waals surface area (Å²) in [4.78, 5) is 11.5. The number of fused-ring (bicyclic) bond motifs is 3. The molecule has 0 unspecified atom stereocenters. The summed E-state index contributed by atoms with van der Waals surface area (Å²) in [7, 11) is 0. The van der Waals surface area contributed by atoms with E-state index in [1.807, 2.05) is 42.5 Å². The number of para-hydroxylation sites is 1. The van der Waals surface area contributed by atoms with Gasteiger partial charge < -0.3 is 4.74 Å². The summed E-state index contributed by atoms with van der Waals surface area (Å²) in [5.74, 6) is 1.18. The zero-order chi connectivity index (χ0) is 14.9. The lowest BCUT2D eigenvalue weighted by Crippen LogP contribution is -2.29. The lowest BCUT2D eigenvalue weighted by atomic mass is 9.71. The van der Waals surface area contributed by atoms with E-state index in [-0.39, 0.29) is 11.8 Å². The van der Waals surface area contributed by atoms with Gasteiger partial charge in [0.2, 0.25) is 0 Å². The highest BCUT2D eigenvalue weighted by Gasteiger charge is 2.36. The first-order valence-electron chi connectivity index (χ1n) is 7.52. The van der Waals surface area contributed by atoms with Gasteiger partial charge in [-0.2, -0.15) is 0 Å². The van der Waals surface area contributed by atoms with Crippen LogP contribution in [0.15, 0.2) is 72.3 Å². The summed E-state index contributed by atoms with van der Waals surface area (Å²) in [6.07, 6.45) is 5.01. The normalized spacial score (nSPS) is 22.5. The number of ether oxygens (including phenoxy) is 1. The van der Waals surface area contributed by atoms with E-state index in [0.29, 0.717) is 6.61 Å². The minimum Gasteiger partial charge on any atom is -0.492 e. The average molecular weight is 288 g/mol. The van der Waals surface area contributed by atoms with E-state index in [2.05, 4.69) is 24.3 Å². The van der Waals surface area contributed by atoms with Crippen molar-refractivity contribution in [1.82, 2.24) is 0 Å². The molecule has 0 radical (unpaired) electrons. The standard InChI is InChI=1S/C20H16O2/c21-12-15-10-11-16-17-8-4-5-9-19(17)22-13-18(16)20(15)14-6-2-1-3-7-14/h1-12,18,20H,13H2/t18-,20-/m1/s1. The van der Waals surface area contributed by atoms with Crippen molar-refractivity contribution in [2.75, 3.05) is 6.61 Å². The van der Waals surface area contributed by atoms with Crippen LogP contribution in [0.5, 0.6) is 5.75 Å². The number of hydrogen-bond donors (Lipinski definition) is 0. The van der Waals surface area contributed by atoms with Gasteiger partial charge in [-0.05, 0) is 17.2 Å². The minimum absolute atomic E-state index is 0.0621. The number of aldehydes is 1. The van der Waals surface area contributed by atoms with Gasteiger partial charge in [-0.15, -0.1) is 0 Å². The molecule has 2 atom stereocenters. The smallest absolute Gasteiger partial charge is 0.146 e. The summed E-state index contributed by atoms with van der Waals surface area (Å²) in [6.45, 7) is 0.605. The Labute approximate surface area is 129 Å². The summed E-state index contributed by atoms with van der Waals surface area (Å²) in [5.41, 5.74) is 4.39. The number of rotatable bonds is 2. The second kappa shape index (κ2) is 5.30. The van der Waals surface area contributed by atoms with Crippen LogP contribution in [0, 0.1) is 5.92 Å². The molecule has 22 heavy (non-hydrogen) atoms. The molecule has 1 aliphatic heterocycles. The number of allylic oxidation sites excluding steroid dienone is 3. The van der Waals surface area contributed by atoms with Gasteiger partial charge in [0.1, 0.15) is 12.0 Å². The van der Waals surface area contributed by atoms with Crippen molar-refractivity contribution in [1.29, 1.82) is 0 Å². The highest BCUT2D eigenvalue weighted by molar-refractivity contribution is 5.85. The molecule has 0 amide bonds. The summed E-state index contributed by atoms with van der Waals surface area (Å²) in [6, 6.07) is 18.3. The molecule has 4 rings (SSSR count). The van der Waals surface area contributed by atoms with Crippen LogP contribution in [0.2, 0.25) is 0 Å². The minimum atomic E-state index is 0.0621. The van der Waals surface area contributed by atoms with Crippen molar-refractivity contribution in [2.45, 2.75) is 5.92 Å².